The lowest BCUT2D eigenvalue weighted by molar-refractivity contribution is 0.100. The van der Waals surface area contributed by atoms with Gasteiger partial charge in [-0.05, 0) is 61.2 Å². The highest BCUT2D eigenvalue weighted by Gasteiger charge is 2.39. The van der Waals surface area contributed by atoms with Gasteiger partial charge in [-0.3, -0.25) is 4.79 Å². The first-order valence-corrected chi connectivity index (χ1v) is 8.84. The van der Waals surface area contributed by atoms with E-state index in [1.165, 1.54) is 12.1 Å². The van der Waals surface area contributed by atoms with Crippen molar-refractivity contribution in [3.8, 4) is 11.3 Å². The van der Waals surface area contributed by atoms with Gasteiger partial charge in [-0.2, -0.15) is 0 Å². The Bertz CT molecular complexity index is 966. The second kappa shape index (κ2) is 6.79. The molecule has 0 unspecified atom stereocenters. The molecule has 1 aliphatic rings. The van der Waals surface area contributed by atoms with Gasteiger partial charge in [0.15, 0.2) is 0 Å². The standard InChI is InChI=1S/C21H19FN4O/c22-17-7-5-16(6-8-17)21(11-2-12-21)24-19-10-9-18(25-26-19)14-3-1-4-15(13-14)20(23)27/h1,3-10,13H,2,11-12H2,(H2,23,27)(H,24,26). The molecule has 1 aliphatic carbocycles. The number of nitrogens with zero attached hydrogens (tertiary/aromatic N) is 2. The zero-order chi connectivity index (χ0) is 18.9. The molecule has 1 fully saturated rings. The van der Waals surface area contributed by atoms with Crippen molar-refractivity contribution in [2.45, 2.75) is 24.8 Å². The molecule has 3 N–H and O–H groups in total. The fourth-order valence-electron chi connectivity index (χ4n) is 3.41. The van der Waals surface area contributed by atoms with Crippen LogP contribution in [0.3, 0.4) is 0 Å². The number of aromatic nitrogens is 2. The fourth-order valence-corrected chi connectivity index (χ4v) is 3.41. The number of primary amides is 1. The predicted octanol–water partition coefficient (Wildman–Crippen LogP) is 3.87. The Balaban J connectivity index is 1.56. The zero-order valence-corrected chi connectivity index (χ0v) is 14.7. The monoisotopic (exact) mass is 362 g/mol. The fraction of sp³-hybridized carbons (Fsp3) is 0.190. The number of carbonyl (C=O) groups is 1. The minimum absolute atomic E-state index is 0.226. The second-order valence-corrected chi connectivity index (χ2v) is 6.82. The number of carbonyl (C=O) groups excluding carboxylic acids is 1. The van der Waals surface area contributed by atoms with Crippen LogP contribution in [-0.2, 0) is 5.54 Å². The van der Waals surface area contributed by atoms with Crippen molar-refractivity contribution in [1.29, 1.82) is 0 Å². The number of amides is 1. The molecule has 27 heavy (non-hydrogen) atoms. The Morgan fingerprint density at radius 2 is 1.81 bits per heavy atom. The van der Waals surface area contributed by atoms with Crippen LogP contribution in [0.15, 0.2) is 60.7 Å². The molecule has 0 saturated heterocycles. The van der Waals surface area contributed by atoms with Crippen LogP contribution in [0.25, 0.3) is 11.3 Å². The van der Waals surface area contributed by atoms with Crippen molar-refractivity contribution < 1.29 is 9.18 Å². The molecular formula is C21H19FN4O. The minimum Gasteiger partial charge on any atom is -0.366 e. The van der Waals surface area contributed by atoms with Crippen LogP contribution in [0.4, 0.5) is 10.2 Å². The van der Waals surface area contributed by atoms with Crippen molar-refractivity contribution in [3.05, 3.63) is 77.6 Å². The highest BCUT2D eigenvalue weighted by Crippen LogP contribution is 2.43. The highest BCUT2D eigenvalue weighted by atomic mass is 19.1. The van der Waals surface area contributed by atoms with Crippen molar-refractivity contribution >= 4 is 11.7 Å². The maximum Gasteiger partial charge on any atom is 0.248 e. The quantitative estimate of drug-likeness (QED) is 0.722. The number of hydrogen-bond acceptors (Lipinski definition) is 4. The summed E-state index contributed by atoms with van der Waals surface area (Å²) in [4.78, 5) is 11.3. The average molecular weight is 362 g/mol. The summed E-state index contributed by atoms with van der Waals surface area (Å²) in [6.07, 6.45) is 3.03. The van der Waals surface area contributed by atoms with E-state index in [1.54, 1.807) is 18.2 Å². The Hall–Kier alpha value is -3.28. The Labute approximate surface area is 156 Å². The lowest BCUT2D eigenvalue weighted by atomic mass is 9.72. The van der Waals surface area contributed by atoms with Gasteiger partial charge in [0.05, 0.1) is 11.2 Å². The molecule has 1 heterocycles. The Morgan fingerprint density at radius 3 is 2.41 bits per heavy atom. The van der Waals surface area contributed by atoms with Crippen molar-refractivity contribution in [1.82, 2.24) is 10.2 Å². The van der Waals surface area contributed by atoms with Gasteiger partial charge in [0.25, 0.3) is 0 Å². The number of nitrogens with two attached hydrogens (primary N) is 1. The van der Waals surface area contributed by atoms with Crippen LogP contribution in [-0.4, -0.2) is 16.1 Å². The van der Waals surface area contributed by atoms with Gasteiger partial charge in [-0.15, -0.1) is 10.2 Å². The average Bonchev–Trinajstić information content (AvgIpc) is 2.66. The molecule has 136 valence electrons. The van der Waals surface area contributed by atoms with Gasteiger partial charge in [0, 0.05) is 11.1 Å². The molecule has 0 bridgehead atoms. The summed E-state index contributed by atoms with van der Waals surface area (Å²) in [7, 11) is 0. The first kappa shape index (κ1) is 17.1. The third kappa shape index (κ3) is 3.38. The molecule has 4 rings (SSSR count). The SMILES string of the molecule is NC(=O)c1cccc(-c2ccc(NC3(c4ccc(F)cc4)CCC3)nn2)c1. The molecule has 6 heteroatoms. The Morgan fingerprint density at radius 1 is 1.04 bits per heavy atom. The van der Waals surface area contributed by atoms with Crippen LogP contribution in [0.5, 0.6) is 0 Å². The molecule has 0 radical (unpaired) electrons. The predicted molar refractivity (Wildman–Crippen MR) is 102 cm³/mol. The maximum absolute atomic E-state index is 13.2. The van der Waals surface area contributed by atoms with E-state index in [4.69, 9.17) is 5.73 Å². The molecular weight excluding hydrogens is 343 g/mol. The van der Waals surface area contributed by atoms with E-state index in [2.05, 4.69) is 15.5 Å². The van der Waals surface area contributed by atoms with Gasteiger partial charge >= 0.3 is 0 Å². The van der Waals surface area contributed by atoms with Crippen LogP contribution >= 0.6 is 0 Å². The first-order chi connectivity index (χ1) is 13.1. The summed E-state index contributed by atoms with van der Waals surface area (Å²) < 4.78 is 13.2. The van der Waals surface area contributed by atoms with E-state index >= 15 is 0 Å². The molecule has 0 atom stereocenters. The largest absolute Gasteiger partial charge is 0.366 e. The lowest BCUT2D eigenvalue weighted by Crippen LogP contribution is -2.42. The summed E-state index contributed by atoms with van der Waals surface area (Å²) in [5.41, 5.74) is 8.03. The number of anilines is 1. The Kier molecular flexibility index (Phi) is 4.32. The van der Waals surface area contributed by atoms with Crippen LogP contribution in [0.2, 0.25) is 0 Å². The normalized spacial score (nSPS) is 15.0. The van der Waals surface area contributed by atoms with E-state index in [0.717, 1.165) is 30.4 Å². The second-order valence-electron chi connectivity index (χ2n) is 6.82. The molecule has 5 nitrogen and oxygen atoms in total. The molecule has 1 saturated carbocycles. The lowest BCUT2D eigenvalue weighted by Gasteiger charge is -2.43. The molecule has 1 aromatic heterocycles. The smallest absolute Gasteiger partial charge is 0.248 e. The van der Waals surface area contributed by atoms with Crippen molar-refractivity contribution in [3.63, 3.8) is 0 Å². The molecule has 0 spiro atoms. The number of rotatable bonds is 5. The van der Waals surface area contributed by atoms with Gasteiger partial charge in [0.1, 0.15) is 11.6 Å². The molecule has 2 aromatic carbocycles. The summed E-state index contributed by atoms with van der Waals surface area (Å²) in [6, 6.07) is 17.3. The van der Waals surface area contributed by atoms with Gasteiger partial charge < -0.3 is 11.1 Å². The van der Waals surface area contributed by atoms with Gasteiger partial charge in [0.2, 0.25) is 5.91 Å². The van der Waals surface area contributed by atoms with Crippen LogP contribution in [0, 0.1) is 5.82 Å². The number of hydrogen-bond donors (Lipinski definition) is 2. The van der Waals surface area contributed by atoms with Gasteiger partial charge in [-0.1, -0.05) is 24.3 Å². The summed E-state index contributed by atoms with van der Waals surface area (Å²) in [5.74, 6) is -0.0568. The number of benzene rings is 2. The maximum atomic E-state index is 13.2. The van der Waals surface area contributed by atoms with Crippen LogP contribution < -0.4 is 11.1 Å². The summed E-state index contributed by atoms with van der Waals surface area (Å²) in [5, 5.41) is 12.0. The summed E-state index contributed by atoms with van der Waals surface area (Å²) in [6.45, 7) is 0. The third-order valence-corrected chi connectivity index (χ3v) is 5.08. The minimum atomic E-state index is -0.477. The number of nitrogens with one attached hydrogen (secondary N) is 1. The number of halogens is 1. The molecule has 3 aromatic rings. The molecule has 0 aliphatic heterocycles. The van der Waals surface area contributed by atoms with E-state index in [0.29, 0.717) is 17.1 Å². The summed E-state index contributed by atoms with van der Waals surface area (Å²) >= 11 is 0. The first-order valence-electron chi connectivity index (χ1n) is 8.84. The van der Waals surface area contributed by atoms with E-state index in [9.17, 15) is 9.18 Å². The van der Waals surface area contributed by atoms with E-state index in [-0.39, 0.29) is 11.4 Å². The van der Waals surface area contributed by atoms with Crippen molar-refractivity contribution in [2.75, 3.05) is 5.32 Å². The van der Waals surface area contributed by atoms with E-state index in [1.807, 2.05) is 30.3 Å². The van der Waals surface area contributed by atoms with Crippen molar-refractivity contribution in [2.24, 2.45) is 5.73 Å². The third-order valence-electron chi connectivity index (χ3n) is 5.08. The topological polar surface area (TPSA) is 80.9 Å². The zero-order valence-electron chi connectivity index (χ0n) is 14.7. The highest BCUT2D eigenvalue weighted by molar-refractivity contribution is 5.93. The van der Waals surface area contributed by atoms with Crippen LogP contribution in [0.1, 0.15) is 35.2 Å². The van der Waals surface area contributed by atoms with E-state index < -0.39 is 5.91 Å². The molecule has 1 amide bonds. The van der Waals surface area contributed by atoms with Gasteiger partial charge in [-0.25, -0.2) is 4.39 Å².